The number of amides is 2. The zero-order chi connectivity index (χ0) is 19.4. The number of carbonyl (C=O) groups excluding carboxylic acids is 1. The molecule has 0 unspecified atom stereocenters. The van der Waals surface area contributed by atoms with Crippen molar-refractivity contribution in [3.63, 3.8) is 0 Å². The van der Waals surface area contributed by atoms with Crippen molar-refractivity contribution in [3.8, 4) is 11.4 Å². The molecule has 0 aliphatic heterocycles. The summed E-state index contributed by atoms with van der Waals surface area (Å²) in [5.41, 5.74) is 1.67. The number of aryl methyl sites for hydroxylation is 1. The first-order valence-electron chi connectivity index (χ1n) is 7.99. The maximum Gasteiger partial charge on any atom is 0.416 e. The lowest BCUT2D eigenvalue weighted by Crippen LogP contribution is -2.28. The van der Waals surface area contributed by atoms with Crippen molar-refractivity contribution < 1.29 is 18.0 Å². The van der Waals surface area contributed by atoms with Gasteiger partial charge in [0.15, 0.2) is 0 Å². The van der Waals surface area contributed by atoms with E-state index in [1.807, 2.05) is 18.2 Å². The maximum absolute atomic E-state index is 12.5. The van der Waals surface area contributed by atoms with Gasteiger partial charge in [-0.25, -0.2) is 4.79 Å². The Bertz CT molecular complexity index is 920. The zero-order valence-corrected chi connectivity index (χ0v) is 14.3. The van der Waals surface area contributed by atoms with E-state index in [1.54, 1.807) is 24.0 Å². The number of alkyl halides is 3. The van der Waals surface area contributed by atoms with Crippen LogP contribution in [0.4, 0.5) is 23.7 Å². The number of anilines is 1. The first-order chi connectivity index (χ1) is 12.8. The number of benzene rings is 1. The molecule has 0 saturated carbocycles. The van der Waals surface area contributed by atoms with E-state index in [0.717, 1.165) is 23.5 Å². The third kappa shape index (κ3) is 4.63. The molecule has 9 heteroatoms. The molecule has 1 aromatic carbocycles. The van der Waals surface area contributed by atoms with E-state index >= 15 is 0 Å². The lowest BCUT2D eigenvalue weighted by molar-refractivity contribution is -0.137. The van der Waals surface area contributed by atoms with E-state index in [0.29, 0.717) is 5.69 Å². The number of urea groups is 1. The molecule has 6 nitrogen and oxygen atoms in total. The Morgan fingerprint density at radius 1 is 1.15 bits per heavy atom. The summed E-state index contributed by atoms with van der Waals surface area (Å²) in [6.07, 6.45) is -2.73. The quantitative estimate of drug-likeness (QED) is 0.728. The minimum Gasteiger partial charge on any atom is -0.332 e. The fraction of sp³-hybridized carbons (Fsp3) is 0.167. The SMILES string of the molecule is Cn1nc(CNC(=O)Nc2ccc(C(F)(F)F)cc2)cc1-c1ccccn1. The van der Waals surface area contributed by atoms with Gasteiger partial charge in [0, 0.05) is 18.9 Å². The summed E-state index contributed by atoms with van der Waals surface area (Å²) in [5, 5.41) is 9.41. The van der Waals surface area contributed by atoms with Gasteiger partial charge >= 0.3 is 12.2 Å². The van der Waals surface area contributed by atoms with Gasteiger partial charge in [-0.1, -0.05) is 6.07 Å². The lowest BCUT2D eigenvalue weighted by atomic mass is 10.2. The summed E-state index contributed by atoms with van der Waals surface area (Å²) >= 11 is 0. The van der Waals surface area contributed by atoms with E-state index in [-0.39, 0.29) is 12.2 Å². The molecule has 0 radical (unpaired) electrons. The van der Waals surface area contributed by atoms with Crippen LogP contribution >= 0.6 is 0 Å². The number of carbonyl (C=O) groups is 1. The first kappa shape index (κ1) is 18.4. The second-order valence-electron chi connectivity index (χ2n) is 5.74. The van der Waals surface area contributed by atoms with Gasteiger partial charge in [-0.15, -0.1) is 0 Å². The number of hydrogen-bond acceptors (Lipinski definition) is 3. The van der Waals surface area contributed by atoms with Gasteiger partial charge in [-0.3, -0.25) is 9.67 Å². The highest BCUT2D eigenvalue weighted by atomic mass is 19.4. The number of nitrogens with one attached hydrogen (secondary N) is 2. The summed E-state index contributed by atoms with van der Waals surface area (Å²) in [6, 6.07) is 11.0. The van der Waals surface area contributed by atoms with Crippen LogP contribution in [0.15, 0.2) is 54.7 Å². The topological polar surface area (TPSA) is 71.8 Å². The fourth-order valence-corrected chi connectivity index (χ4v) is 2.46. The number of nitrogens with zero attached hydrogens (tertiary/aromatic N) is 3. The summed E-state index contributed by atoms with van der Waals surface area (Å²) in [7, 11) is 1.77. The van der Waals surface area contributed by atoms with Crippen LogP contribution in [0.3, 0.4) is 0 Å². The normalized spacial score (nSPS) is 11.3. The van der Waals surface area contributed by atoms with E-state index in [2.05, 4.69) is 20.7 Å². The number of halogens is 3. The third-order valence-corrected chi connectivity index (χ3v) is 3.76. The molecular formula is C18H16F3N5O. The summed E-state index contributed by atoms with van der Waals surface area (Å²) in [5.74, 6) is 0. The highest BCUT2D eigenvalue weighted by molar-refractivity contribution is 5.89. The van der Waals surface area contributed by atoms with Crippen LogP contribution in [-0.4, -0.2) is 20.8 Å². The molecule has 0 aliphatic carbocycles. The average molecular weight is 375 g/mol. The minimum absolute atomic E-state index is 0.160. The van der Waals surface area contributed by atoms with E-state index < -0.39 is 17.8 Å². The molecule has 2 amide bonds. The average Bonchev–Trinajstić information content (AvgIpc) is 3.01. The molecule has 0 saturated heterocycles. The van der Waals surface area contributed by atoms with E-state index in [1.165, 1.54) is 12.1 Å². The number of rotatable bonds is 4. The second kappa shape index (κ2) is 7.48. The Morgan fingerprint density at radius 3 is 2.52 bits per heavy atom. The molecule has 140 valence electrons. The maximum atomic E-state index is 12.5. The molecule has 2 N–H and O–H groups in total. The number of hydrogen-bond donors (Lipinski definition) is 2. The van der Waals surface area contributed by atoms with Crippen molar-refractivity contribution in [2.45, 2.75) is 12.7 Å². The monoisotopic (exact) mass is 375 g/mol. The van der Waals surface area contributed by atoms with E-state index in [9.17, 15) is 18.0 Å². The van der Waals surface area contributed by atoms with Crippen LogP contribution in [-0.2, 0) is 19.8 Å². The smallest absolute Gasteiger partial charge is 0.332 e. The van der Waals surface area contributed by atoms with Gasteiger partial charge in [-0.2, -0.15) is 18.3 Å². The van der Waals surface area contributed by atoms with Crippen LogP contribution in [0.25, 0.3) is 11.4 Å². The molecule has 2 aromatic heterocycles. The van der Waals surface area contributed by atoms with Crippen LogP contribution in [0.1, 0.15) is 11.3 Å². The van der Waals surface area contributed by atoms with Crippen molar-refractivity contribution >= 4 is 11.7 Å². The predicted molar refractivity (Wildman–Crippen MR) is 93.7 cm³/mol. The van der Waals surface area contributed by atoms with Gasteiger partial charge in [0.2, 0.25) is 0 Å². The first-order valence-corrected chi connectivity index (χ1v) is 7.99. The van der Waals surface area contributed by atoms with Crippen molar-refractivity contribution in [2.24, 2.45) is 7.05 Å². The van der Waals surface area contributed by atoms with Crippen molar-refractivity contribution in [1.82, 2.24) is 20.1 Å². The fourth-order valence-electron chi connectivity index (χ4n) is 2.46. The van der Waals surface area contributed by atoms with Crippen molar-refractivity contribution in [2.75, 3.05) is 5.32 Å². The molecule has 0 bridgehead atoms. The Balaban J connectivity index is 1.58. The van der Waals surface area contributed by atoms with Gasteiger partial charge in [-0.05, 0) is 42.5 Å². The molecule has 2 heterocycles. The third-order valence-electron chi connectivity index (χ3n) is 3.76. The van der Waals surface area contributed by atoms with E-state index in [4.69, 9.17) is 0 Å². The van der Waals surface area contributed by atoms with Crippen LogP contribution in [0, 0.1) is 0 Å². The standard InChI is InChI=1S/C18H16F3N5O/c1-26-16(15-4-2-3-9-22-15)10-14(25-26)11-23-17(27)24-13-7-5-12(6-8-13)18(19,20)21/h2-10H,11H2,1H3,(H2,23,24,27). The van der Waals surface area contributed by atoms with Gasteiger partial charge in [0.1, 0.15) is 0 Å². The zero-order valence-electron chi connectivity index (χ0n) is 14.3. The molecule has 0 aliphatic rings. The molecular weight excluding hydrogens is 359 g/mol. The van der Waals surface area contributed by atoms with Crippen LogP contribution in [0.2, 0.25) is 0 Å². The van der Waals surface area contributed by atoms with Crippen molar-refractivity contribution in [1.29, 1.82) is 0 Å². The minimum atomic E-state index is -4.41. The summed E-state index contributed by atoms with van der Waals surface area (Å²) in [4.78, 5) is 16.2. The largest absolute Gasteiger partial charge is 0.416 e. The molecule has 3 aromatic rings. The van der Waals surface area contributed by atoms with Crippen LogP contribution in [0.5, 0.6) is 0 Å². The molecule has 3 rings (SSSR count). The van der Waals surface area contributed by atoms with Gasteiger partial charge in [0.05, 0.1) is 29.2 Å². The molecule has 0 fully saturated rings. The Hall–Kier alpha value is -3.36. The summed E-state index contributed by atoms with van der Waals surface area (Å²) < 4.78 is 39.3. The highest BCUT2D eigenvalue weighted by Crippen LogP contribution is 2.29. The predicted octanol–water partition coefficient (Wildman–Crippen LogP) is 3.82. The lowest BCUT2D eigenvalue weighted by Gasteiger charge is -2.09. The Labute approximate surface area is 153 Å². The highest BCUT2D eigenvalue weighted by Gasteiger charge is 2.29. The Kier molecular flexibility index (Phi) is 5.11. The van der Waals surface area contributed by atoms with Crippen molar-refractivity contribution in [3.05, 3.63) is 66.0 Å². The molecule has 0 atom stereocenters. The second-order valence-corrected chi connectivity index (χ2v) is 5.74. The van der Waals surface area contributed by atoms with Gasteiger partial charge in [0.25, 0.3) is 0 Å². The molecule has 0 spiro atoms. The Morgan fingerprint density at radius 2 is 1.89 bits per heavy atom. The molecule has 27 heavy (non-hydrogen) atoms. The van der Waals surface area contributed by atoms with Crippen LogP contribution < -0.4 is 10.6 Å². The number of aromatic nitrogens is 3. The number of pyridine rings is 1. The summed E-state index contributed by atoms with van der Waals surface area (Å²) in [6.45, 7) is 0.160. The van der Waals surface area contributed by atoms with Gasteiger partial charge < -0.3 is 10.6 Å².